The summed E-state index contributed by atoms with van der Waals surface area (Å²) in [5.41, 5.74) is 1.43. The van der Waals surface area contributed by atoms with Gasteiger partial charge in [0.05, 0.1) is 11.7 Å². The lowest BCUT2D eigenvalue weighted by Gasteiger charge is -1.93. The summed E-state index contributed by atoms with van der Waals surface area (Å²) in [5.74, 6) is 0. The molecule has 3 aromatic rings. The summed E-state index contributed by atoms with van der Waals surface area (Å²) in [7, 11) is 0. The third-order valence-electron chi connectivity index (χ3n) is 2.17. The van der Waals surface area contributed by atoms with Crippen molar-refractivity contribution in [3.05, 3.63) is 40.8 Å². The van der Waals surface area contributed by atoms with Gasteiger partial charge < -0.3 is 4.52 Å². The molecular formula is C10H6N2O2. The van der Waals surface area contributed by atoms with Crippen LogP contribution in [0.25, 0.3) is 21.9 Å². The Balaban J connectivity index is 2.56. The van der Waals surface area contributed by atoms with E-state index in [1.807, 2.05) is 6.07 Å². The van der Waals surface area contributed by atoms with Crippen molar-refractivity contribution in [1.82, 2.24) is 10.1 Å². The fourth-order valence-electron chi connectivity index (χ4n) is 1.51. The number of rotatable bonds is 0. The summed E-state index contributed by atoms with van der Waals surface area (Å²) < 4.78 is 5.11. The number of nitrogens with zero attached hydrogens (tertiary/aromatic N) is 1. The number of hydrogen-bond donors (Lipinski definition) is 1. The normalized spacial score (nSPS) is 11.1. The SMILES string of the molecule is O=c1cnc2cc3c[nH]oc3cc2c1. The summed E-state index contributed by atoms with van der Waals surface area (Å²) in [6.45, 7) is 0. The van der Waals surface area contributed by atoms with Crippen LogP contribution in [0.4, 0.5) is 0 Å². The van der Waals surface area contributed by atoms with E-state index in [0.29, 0.717) is 0 Å². The molecule has 4 heteroatoms. The van der Waals surface area contributed by atoms with E-state index in [4.69, 9.17) is 4.52 Å². The molecule has 0 radical (unpaired) electrons. The molecule has 0 atom stereocenters. The van der Waals surface area contributed by atoms with E-state index in [1.165, 1.54) is 6.20 Å². The van der Waals surface area contributed by atoms with Crippen molar-refractivity contribution < 1.29 is 4.52 Å². The van der Waals surface area contributed by atoms with Gasteiger partial charge in [-0.25, -0.2) is 5.16 Å². The van der Waals surface area contributed by atoms with E-state index in [2.05, 4.69) is 10.1 Å². The van der Waals surface area contributed by atoms with Crippen LogP contribution in [-0.4, -0.2) is 10.1 Å². The van der Waals surface area contributed by atoms with Gasteiger partial charge in [0.15, 0.2) is 11.0 Å². The zero-order valence-corrected chi connectivity index (χ0v) is 7.15. The van der Waals surface area contributed by atoms with Gasteiger partial charge >= 0.3 is 0 Å². The quantitative estimate of drug-likeness (QED) is 0.581. The van der Waals surface area contributed by atoms with Crippen LogP contribution in [0.5, 0.6) is 0 Å². The topological polar surface area (TPSA) is 58.9 Å². The van der Waals surface area contributed by atoms with Gasteiger partial charge in [-0.2, -0.15) is 0 Å². The first-order valence-corrected chi connectivity index (χ1v) is 4.19. The number of pyridine rings is 1. The van der Waals surface area contributed by atoms with Gasteiger partial charge in [-0.3, -0.25) is 9.78 Å². The highest BCUT2D eigenvalue weighted by atomic mass is 16.5. The average molecular weight is 186 g/mol. The molecule has 0 saturated heterocycles. The Bertz CT molecular complexity index is 666. The maximum absolute atomic E-state index is 11.1. The maximum Gasteiger partial charge on any atom is 0.197 e. The smallest absolute Gasteiger partial charge is 0.197 e. The molecule has 2 heterocycles. The largest absolute Gasteiger partial charge is 0.382 e. The Hall–Kier alpha value is -2.10. The fraction of sp³-hybridized carbons (Fsp3) is 0. The van der Waals surface area contributed by atoms with Crippen LogP contribution < -0.4 is 5.43 Å². The van der Waals surface area contributed by atoms with Crippen LogP contribution in [0.15, 0.2) is 39.9 Å². The molecule has 0 aliphatic carbocycles. The molecule has 2 aromatic heterocycles. The number of H-pyrrole nitrogens is 1. The number of aromatic amines is 1. The predicted octanol–water partition coefficient (Wildman–Crippen LogP) is 1.67. The van der Waals surface area contributed by atoms with Crippen molar-refractivity contribution in [3.63, 3.8) is 0 Å². The van der Waals surface area contributed by atoms with Crippen LogP contribution in [-0.2, 0) is 0 Å². The first-order chi connectivity index (χ1) is 6.83. The van der Waals surface area contributed by atoms with Gasteiger partial charge in [0, 0.05) is 17.0 Å². The summed E-state index contributed by atoms with van der Waals surface area (Å²) in [5, 5.41) is 4.39. The molecule has 0 fully saturated rings. The van der Waals surface area contributed by atoms with E-state index in [-0.39, 0.29) is 5.43 Å². The highest BCUT2D eigenvalue weighted by molar-refractivity contribution is 5.93. The molecule has 3 rings (SSSR count). The van der Waals surface area contributed by atoms with E-state index < -0.39 is 0 Å². The van der Waals surface area contributed by atoms with Crippen LogP contribution in [0, 0.1) is 0 Å². The highest BCUT2D eigenvalue weighted by Crippen LogP contribution is 2.19. The summed E-state index contributed by atoms with van der Waals surface area (Å²) in [6.07, 6.45) is 3.07. The second-order valence-electron chi connectivity index (χ2n) is 3.12. The van der Waals surface area contributed by atoms with Crippen molar-refractivity contribution in [3.8, 4) is 0 Å². The number of aromatic nitrogens is 2. The van der Waals surface area contributed by atoms with Crippen molar-refractivity contribution in [2.45, 2.75) is 0 Å². The van der Waals surface area contributed by atoms with Crippen molar-refractivity contribution in [1.29, 1.82) is 0 Å². The lowest BCUT2D eigenvalue weighted by molar-refractivity contribution is 0.456. The van der Waals surface area contributed by atoms with Crippen molar-refractivity contribution in [2.24, 2.45) is 0 Å². The standard InChI is InChI=1S/C10H6N2O2/c13-8-1-6-3-10-7(4-12-14-10)2-9(6)11-5-8/h1-5,12H. The van der Waals surface area contributed by atoms with E-state index in [9.17, 15) is 4.79 Å². The van der Waals surface area contributed by atoms with Gasteiger partial charge in [0.1, 0.15) is 0 Å². The first-order valence-electron chi connectivity index (χ1n) is 4.19. The van der Waals surface area contributed by atoms with Crippen molar-refractivity contribution >= 4 is 21.9 Å². The maximum atomic E-state index is 11.1. The Labute approximate surface area is 78.1 Å². The van der Waals surface area contributed by atoms with Crippen molar-refractivity contribution in [2.75, 3.05) is 0 Å². The Kier molecular flexibility index (Phi) is 1.28. The van der Waals surface area contributed by atoms with Crippen LogP contribution in [0.3, 0.4) is 0 Å². The molecule has 0 saturated carbocycles. The van der Waals surface area contributed by atoms with E-state index >= 15 is 0 Å². The van der Waals surface area contributed by atoms with Crippen LogP contribution in [0.1, 0.15) is 0 Å². The van der Waals surface area contributed by atoms with Crippen LogP contribution >= 0.6 is 0 Å². The monoisotopic (exact) mass is 186 g/mol. The average Bonchev–Trinajstić information content (AvgIpc) is 2.61. The molecule has 4 nitrogen and oxygen atoms in total. The summed E-state index contributed by atoms with van der Waals surface area (Å²) >= 11 is 0. The Morgan fingerprint density at radius 1 is 1.21 bits per heavy atom. The minimum Gasteiger partial charge on any atom is -0.382 e. The summed E-state index contributed by atoms with van der Waals surface area (Å²) in [4.78, 5) is 15.1. The molecule has 0 bridgehead atoms. The van der Waals surface area contributed by atoms with Gasteiger partial charge in [0.25, 0.3) is 0 Å². The number of benzene rings is 1. The molecule has 0 unspecified atom stereocenters. The number of nitrogens with one attached hydrogen (secondary N) is 1. The van der Waals surface area contributed by atoms with Gasteiger partial charge in [0.2, 0.25) is 0 Å². The minimum absolute atomic E-state index is 0.0904. The second kappa shape index (κ2) is 2.45. The lowest BCUT2D eigenvalue weighted by Crippen LogP contribution is -1.97. The molecule has 14 heavy (non-hydrogen) atoms. The highest BCUT2D eigenvalue weighted by Gasteiger charge is 2.01. The Morgan fingerprint density at radius 3 is 3.07 bits per heavy atom. The molecular weight excluding hydrogens is 180 g/mol. The molecule has 0 spiro atoms. The minimum atomic E-state index is -0.0904. The third-order valence-corrected chi connectivity index (χ3v) is 2.17. The fourth-order valence-corrected chi connectivity index (χ4v) is 1.51. The summed E-state index contributed by atoms with van der Waals surface area (Å²) in [6, 6.07) is 5.23. The zero-order chi connectivity index (χ0) is 9.54. The molecule has 68 valence electrons. The molecule has 0 aliphatic heterocycles. The predicted molar refractivity (Wildman–Crippen MR) is 52.1 cm³/mol. The number of hydrogen-bond acceptors (Lipinski definition) is 3. The van der Waals surface area contributed by atoms with Gasteiger partial charge in [-0.15, -0.1) is 0 Å². The molecule has 0 amide bonds. The Morgan fingerprint density at radius 2 is 2.14 bits per heavy atom. The molecule has 1 aromatic carbocycles. The van der Waals surface area contributed by atoms with E-state index in [0.717, 1.165) is 21.9 Å². The van der Waals surface area contributed by atoms with Gasteiger partial charge in [-0.05, 0) is 18.2 Å². The van der Waals surface area contributed by atoms with E-state index in [1.54, 1.807) is 18.3 Å². The third kappa shape index (κ3) is 0.939. The number of fused-ring (bicyclic) bond motifs is 2. The van der Waals surface area contributed by atoms with Crippen LogP contribution in [0.2, 0.25) is 0 Å². The lowest BCUT2D eigenvalue weighted by atomic mass is 10.2. The zero-order valence-electron chi connectivity index (χ0n) is 7.15. The second-order valence-corrected chi connectivity index (χ2v) is 3.12. The van der Waals surface area contributed by atoms with Gasteiger partial charge in [-0.1, -0.05) is 0 Å². The molecule has 1 N–H and O–H groups in total. The first kappa shape index (κ1) is 7.32. The molecule has 0 aliphatic rings.